The third-order valence-electron chi connectivity index (χ3n) is 3.49. The molecule has 0 saturated heterocycles. The largest absolute Gasteiger partial charge is 0.410 e. The van der Waals surface area contributed by atoms with Crippen LogP contribution in [0.4, 0.5) is 0 Å². The molecule has 0 spiro atoms. The number of nitriles is 1. The van der Waals surface area contributed by atoms with Gasteiger partial charge in [-0.15, -0.1) is 0 Å². The first kappa shape index (κ1) is 9.97. The van der Waals surface area contributed by atoms with Gasteiger partial charge in [0.05, 0.1) is 5.69 Å². The SMILES string of the molecule is N#CC1=C(N)n2c(cc3c2CCCC3)/C1=N\O. The second-order valence-corrected chi connectivity index (χ2v) is 4.36. The second kappa shape index (κ2) is 3.39. The van der Waals surface area contributed by atoms with Crippen molar-refractivity contribution < 1.29 is 5.21 Å². The average Bonchev–Trinajstić information content (AvgIpc) is 2.84. The molecule has 1 aromatic rings. The van der Waals surface area contributed by atoms with Gasteiger partial charge in [-0.2, -0.15) is 5.26 Å². The van der Waals surface area contributed by atoms with Crippen LogP contribution in [0.25, 0.3) is 5.82 Å². The average molecular weight is 228 g/mol. The summed E-state index contributed by atoms with van der Waals surface area (Å²) in [4.78, 5) is 0. The zero-order chi connectivity index (χ0) is 12.0. The molecular weight excluding hydrogens is 216 g/mol. The Hall–Kier alpha value is -2.22. The lowest BCUT2D eigenvalue weighted by molar-refractivity contribution is 0.319. The Labute approximate surface area is 98.4 Å². The van der Waals surface area contributed by atoms with Gasteiger partial charge in [-0.1, -0.05) is 5.16 Å². The second-order valence-electron chi connectivity index (χ2n) is 4.36. The zero-order valence-corrected chi connectivity index (χ0v) is 9.27. The maximum atomic E-state index is 9.04. The molecule has 5 nitrogen and oxygen atoms in total. The fourth-order valence-corrected chi connectivity index (χ4v) is 2.72. The predicted molar refractivity (Wildman–Crippen MR) is 62.4 cm³/mol. The van der Waals surface area contributed by atoms with Crippen molar-refractivity contribution in [3.8, 4) is 6.07 Å². The fraction of sp³-hybridized carbons (Fsp3) is 0.333. The smallest absolute Gasteiger partial charge is 0.148 e. The summed E-state index contributed by atoms with van der Waals surface area (Å²) in [6.45, 7) is 0. The van der Waals surface area contributed by atoms with Crippen molar-refractivity contribution in [2.45, 2.75) is 25.7 Å². The summed E-state index contributed by atoms with van der Waals surface area (Å²) in [6.07, 6.45) is 4.31. The molecule has 17 heavy (non-hydrogen) atoms. The van der Waals surface area contributed by atoms with Gasteiger partial charge < -0.3 is 10.9 Å². The van der Waals surface area contributed by atoms with Crippen LogP contribution in [0.1, 0.15) is 29.8 Å². The van der Waals surface area contributed by atoms with Crippen molar-refractivity contribution in [1.82, 2.24) is 4.57 Å². The van der Waals surface area contributed by atoms with Gasteiger partial charge in [0.2, 0.25) is 0 Å². The number of hydrogen-bond acceptors (Lipinski definition) is 4. The minimum atomic E-state index is 0.260. The molecule has 0 amide bonds. The molecule has 5 heteroatoms. The van der Waals surface area contributed by atoms with Gasteiger partial charge in [0.25, 0.3) is 0 Å². The molecule has 0 unspecified atom stereocenters. The van der Waals surface area contributed by atoms with Crippen LogP contribution in [0.15, 0.2) is 16.8 Å². The monoisotopic (exact) mass is 228 g/mol. The molecule has 2 heterocycles. The van der Waals surface area contributed by atoms with E-state index >= 15 is 0 Å². The first-order valence-corrected chi connectivity index (χ1v) is 5.64. The molecule has 0 bridgehead atoms. The molecule has 1 aromatic heterocycles. The Morgan fingerprint density at radius 2 is 2.18 bits per heavy atom. The predicted octanol–water partition coefficient (Wildman–Crippen LogP) is 1.21. The highest BCUT2D eigenvalue weighted by Crippen LogP contribution is 2.33. The molecule has 0 fully saturated rings. The van der Waals surface area contributed by atoms with Crippen LogP contribution in [0.3, 0.4) is 0 Å². The van der Waals surface area contributed by atoms with E-state index in [1.54, 1.807) is 0 Å². The van der Waals surface area contributed by atoms with E-state index in [0.717, 1.165) is 30.7 Å². The van der Waals surface area contributed by atoms with Crippen molar-refractivity contribution in [1.29, 1.82) is 5.26 Å². The summed E-state index contributed by atoms with van der Waals surface area (Å²) >= 11 is 0. The number of fused-ring (bicyclic) bond motifs is 3. The van der Waals surface area contributed by atoms with Crippen LogP contribution in [0, 0.1) is 11.3 Å². The third kappa shape index (κ3) is 1.15. The van der Waals surface area contributed by atoms with Crippen molar-refractivity contribution in [2.24, 2.45) is 10.9 Å². The molecule has 0 saturated carbocycles. The van der Waals surface area contributed by atoms with Crippen LogP contribution in [0.5, 0.6) is 0 Å². The molecule has 2 aliphatic rings. The summed E-state index contributed by atoms with van der Waals surface area (Å²) in [5.74, 6) is 0.387. The van der Waals surface area contributed by atoms with Crippen molar-refractivity contribution in [2.75, 3.05) is 0 Å². The van der Waals surface area contributed by atoms with Crippen LogP contribution < -0.4 is 5.73 Å². The fourth-order valence-electron chi connectivity index (χ4n) is 2.72. The standard InChI is InChI=1S/C12H12N4O/c13-6-8-11(15-17)10-5-7-3-1-2-4-9(7)16(10)12(8)14/h5,17H,1-4,14H2/b15-11-. The normalized spacial score (nSPS) is 20.3. The van der Waals surface area contributed by atoms with Crippen molar-refractivity contribution >= 4 is 11.5 Å². The van der Waals surface area contributed by atoms with E-state index in [4.69, 9.17) is 16.2 Å². The summed E-state index contributed by atoms with van der Waals surface area (Å²) in [5, 5.41) is 21.3. The van der Waals surface area contributed by atoms with Gasteiger partial charge in [0.1, 0.15) is 23.2 Å². The number of nitrogens with zero attached hydrogens (tertiary/aromatic N) is 3. The van der Waals surface area contributed by atoms with E-state index in [-0.39, 0.29) is 5.57 Å². The van der Waals surface area contributed by atoms with Gasteiger partial charge in [-0.05, 0) is 37.3 Å². The number of aromatic nitrogens is 1. The minimum Gasteiger partial charge on any atom is -0.410 e. The van der Waals surface area contributed by atoms with Crippen LogP contribution in [-0.4, -0.2) is 15.5 Å². The molecular formula is C12H12N4O. The highest BCUT2D eigenvalue weighted by molar-refractivity contribution is 6.20. The molecule has 3 rings (SSSR count). The Morgan fingerprint density at radius 1 is 1.41 bits per heavy atom. The molecule has 0 atom stereocenters. The van der Waals surface area contributed by atoms with Crippen molar-refractivity contribution in [3.63, 3.8) is 0 Å². The van der Waals surface area contributed by atoms with Gasteiger partial charge in [-0.3, -0.25) is 4.57 Å². The quantitative estimate of drug-likeness (QED) is 0.516. The summed E-state index contributed by atoms with van der Waals surface area (Å²) < 4.78 is 1.86. The van der Waals surface area contributed by atoms with E-state index in [1.807, 2.05) is 16.7 Å². The highest BCUT2D eigenvalue weighted by atomic mass is 16.4. The molecule has 0 radical (unpaired) electrons. The number of hydrogen-bond donors (Lipinski definition) is 2. The summed E-state index contributed by atoms with van der Waals surface area (Å²) in [5.41, 5.74) is 9.68. The molecule has 1 aliphatic heterocycles. The van der Waals surface area contributed by atoms with Gasteiger partial charge in [0, 0.05) is 5.69 Å². The maximum absolute atomic E-state index is 9.04. The Bertz CT molecular complexity index is 601. The van der Waals surface area contributed by atoms with Crippen molar-refractivity contribution in [3.05, 3.63) is 28.6 Å². The number of aryl methyl sites for hydroxylation is 1. The van der Waals surface area contributed by atoms with Gasteiger partial charge in [-0.25, -0.2) is 0 Å². The summed E-state index contributed by atoms with van der Waals surface area (Å²) in [7, 11) is 0. The lowest BCUT2D eigenvalue weighted by atomic mass is 9.97. The van der Waals surface area contributed by atoms with E-state index in [1.165, 1.54) is 12.0 Å². The van der Waals surface area contributed by atoms with Gasteiger partial charge in [0.15, 0.2) is 0 Å². The minimum absolute atomic E-state index is 0.260. The van der Waals surface area contributed by atoms with Crippen LogP contribution in [-0.2, 0) is 12.8 Å². The van der Waals surface area contributed by atoms with E-state index in [0.29, 0.717) is 11.5 Å². The van der Waals surface area contributed by atoms with Crippen LogP contribution in [0.2, 0.25) is 0 Å². The topological polar surface area (TPSA) is 87.3 Å². The van der Waals surface area contributed by atoms with E-state index < -0.39 is 0 Å². The Morgan fingerprint density at radius 3 is 2.88 bits per heavy atom. The first-order chi connectivity index (χ1) is 8.27. The summed E-state index contributed by atoms with van der Waals surface area (Å²) in [6, 6.07) is 3.98. The lowest BCUT2D eigenvalue weighted by Gasteiger charge is -2.14. The van der Waals surface area contributed by atoms with Crippen LogP contribution >= 0.6 is 0 Å². The van der Waals surface area contributed by atoms with E-state index in [2.05, 4.69) is 5.16 Å². The molecule has 86 valence electrons. The molecule has 3 N–H and O–H groups in total. The number of allylic oxidation sites excluding steroid dienone is 1. The first-order valence-electron chi connectivity index (χ1n) is 5.64. The lowest BCUT2D eigenvalue weighted by Crippen LogP contribution is -2.11. The Balaban J connectivity index is 2.29. The third-order valence-corrected chi connectivity index (χ3v) is 3.49. The van der Waals surface area contributed by atoms with E-state index in [9.17, 15) is 0 Å². The number of rotatable bonds is 0. The Kier molecular flexibility index (Phi) is 1.99. The molecule has 1 aliphatic carbocycles. The zero-order valence-electron chi connectivity index (χ0n) is 9.27. The number of oxime groups is 1. The maximum Gasteiger partial charge on any atom is 0.148 e. The highest BCUT2D eigenvalue weighted by Gasteiger charge is 2.31. The number of nitrogens with two attached hydrogens (primary N) is 1. The molecule has 0 aromatic carbocycles. The van der Waals surface area contributed by atoms with Gasteiger partial charge >= 0.3 is 0 Å².